The molecule has 1 aromatic rings. The minimum atomic E-state index is -3.40. The molecule has 0 aromatic heterocycles. The Labute approximate surface area is 170 Å². The number of sulfone groups is 1. The number of carbonyl (C=O) groups excluding carboxylic acids is 1. The Balaban J connectivity index is 2.45. The van der Waals surface area contributed by atoms with Gasteiger partial charge in [0.2, 0.25) is 0 Å². The lowest BCUT2D eigenvalue weighted by Gasteiger charge is -2.46. The van der Waals surface area contributed by atoms with Crippen molar-refractivity contribution in [3.63, 3.8) is 0 Å². The number of methoxy groups -OCH3 is 1. The number of benzene rings is 1. The average Bonchev–Trinajstić information content (AvgIpc) is 2.94. The maximum absolute atomic E-state index is 13.5. The molecule has 1 amide bonds. The topological polar surface area (TPSA) is 60.4 Å². The van der Waals surface area contributed by atoms with E-state index in [-0.39, 0.29) is 26.6 Å². The molecule has 1 fully saturated rings. The minimum absolute atomic E-state index is 0.00435. The van der Waals surface area contributed by atoms with Crippen LogP contribution in [-0.2, 0) is 9.84 Å². The van der Waals surface area contributed by atoms with Crippen molar-refractivity contribution in [2.75, 3.05) is 53.6 Å². The van der Waals surface area contributed by atoms with Gasteiger partial charge in [0.25, 0.3) is 0 Å². The Bertz CT molecular complexity index is 850. The van der Waals surface area contributed by atoms with Crippen molar-refractivity contribution in [1.82, 2.24) is 0 Å². The van der Waals surface area contributed by atoms with Crippen LogP contribution in [0.25, 0.3) is 0 Å². The van der Waals surface area contributed by atoms with Crippen LogP contribution >= 0.6 is 0 Å². The molecule has 28 heavy (non-hydrogen) atoms. The Hall–Kier alpha value is -1.44. The van der Waals surface area contributed by atoms with Gasteiger partial charge in [-0.25, -0.2) is 13.2 Å². The number of hydrogen-bond acceptors (Lipinski definition) is 4. The van der Waals surface area contributed by atoms with Gasteiger partial charge in [-0.15, -0.1) is 0 Å². The SMILES string of the molecule is CC[N+]1(C)CCCC1(C)C[N+](C)(C)C(=O)c1cc(S(=O)(=O)CC)ccc1OC. The Morgan fingerprint density at radius 2 is 1.93 bits per heavy atom. The van der Waals surface area contributed by atoms with E-state index in [2.05, 4.69) is 20.9 Å². The molecule has 0 bridgehead atoms. The van der Waals surface area contributed by atoms with E-state index in [4.69, 9.17) is 4.74 Å². The van der Waals surface area contributed by atoms with Gasteiger partial charge in [-0.2, -0.15) is 0 Å². The summed E-state index contributed by atoms with van der Waals surface area (Å²) in [7, 11) is 4.19. The smallest absolute Gasteiger partial charge is 0.349 e. The first-order valence-electron chi connectivity index (χ1n) is 9.99. The van der Waals surface area contributed by atoms with E-state index in [1.54, 1.807) is 13.0 Å². The van der Waals surface area contributed by atoms with Crippen LogP contribution in [0.15, 0.2) is 23.1 Å². The Morgan fingerprint density at radius 3 is 2.46 bits per heavy atom. The van der Waals surface area contributed by atoms with Gasteiger partial charge in [-0.3, -0.25) is 4.48 Å². The molecule has 0 radical (unpaired) electrons. The molecule has 1 heterocycles. The molecule has 1 aromatic carbocycles. The number of nitrogens with zero attached hydrogens (tertiary/aromatic N) is 2. The highest BCUT2D eigenvalue weighted by Crippen LogP contribution is 2.37. The van der Waals surface area contributed by atoms with Gasteiger partial charge in [-0.05, 0) is 32.0 Å². The number of likely N-dealkylation sites (tertiary alicyclic amines) is 1. The van der Waals surface area contributed by atoms with Crippen LogP contribution in [0.1, 0.15) is 44.0 Å². The van der Waals surface area contributed by atoms with Gasteiger partial charge in [0, 0.05) is 12.8 Å². The zero-order valence-corrected chi connectivity index (χ0v) is 19.2. The van der Waals surface area contributed by atoms with Crippen LogP contribution in [-0.4, -0.2) is 82.5 Å². The zero-order valence-electron chi connectivity index (χ0n) is 18.4. The fourth-order valence-corrected chi connectivity index (χ4v) is 5.51. The molecule has 1 aliphatic rings. The molecule has 0 saturated carbocycles. The van der Waals surface area contributed by atoms with Crippen molar-refractivity contribution in [3.8, 4) is 5.75 Å². The molecule has 1 saturated heterocycles. The summed E-state index contributed by atoms with van der Waals surface area (Å²) in [6.07, 6.45) is 2.23. The van der Waals surface area contributed by atoms with Crippen molar-refractivity contribution in [2.24, 2.45) is 0 Å². The first kappa shape index (κ1) is 22.8. The number of carbonyl (C=O) groups is 1. The van der Waals surface area contributed by atoms with E-state index in [9.17, 15) is 13.2 Å². The maximum atomic E-state index is 13.5. The third-order valence-electron chi connectivity index (χ3n) is 6.79. The van der Waals surface area contributed by atoms with Gasteiger partial charge in [0.05, 0.1) is 52.0 Å². The summed E-state index contributed by atoms with van der Waals surface area (Å²) >= 11 is 0. The second kappa shape index (κ2) is 7.76. The molecule has 2 atom stereocenters. The third kappa shape index (κ3) is 3.98. The molecule has 2 unspecified atom stereocenters. The zero-order chi connectivity index (χ0) is 21.4. The van der Waals surface area contributed by atoms with Crippen LogP contribution < -0.4 is 4.74 Å². The number of rotatable bonds is 7. The maximum Gasteiger partial charge on any atom is 0.349 e. The standard InChI is InChI=1S/C21H36N2O4S/c1-8-23(6)14-10-13-21(23,3)16-22(4,5)20(24)18-15-17(28(25,26)9-2)11-12-19(18)27-7/h11-12,15H,8-10,13-14,16H2,1-7H3/q+2. The molecule has 7 heteroatoms. The van der Waals surface area contributed by atoms with Crippen molar-refractivity contribution in [1.29, 1.82) is 0 Å². The summed E-state index contributed by atoms with van der Waals surface area (Å²) in [5.41, 5.74) is 0.322. The van der Waals surface area contributed by atoms with Gasteiger partial charge in [0.15, 0.2) is 9.84 Å². The predicted molar refractivity (Wildman–Crippen MR) is 111 cm³/mol. The van der Waals surface area contributed by atoms with Crippen molar-refractivity contribution >= 4 is 15.7 Å². The lowest BCUT2D eigenvalue weighted by atomic mass is 9.94. The van der Waals surface area contributed by atoms with Crippen molar-refractivity contribution in [2.45, 2.75) is 44.0 Å². The summed E-state index contributed by atoms with van der Waals surface area (Å²) < 4.78 is 31.1. The quantitative estimate of drug-likeness (QED) is 0.646. The second-order valence-electron chi connectivity index (χ2n) is 8.95. The van der Waals surface area contributed by atoms with E-state index < -0.39 is 9.84 Å². The predicted octanol–water partition coefficient (Wildman–Crippen LogP) is 2.72. The van der Waals surface area contributed by atoms with Gasteiger partial charge < -0.3 is 9.22 Å². The lowest BCUT2D eigenvalue weighted by molar-refractivity contribution is -0.968. The first-order valence-corrected chi connectivity index (χ1v) is 11.6. The molecule has 0 spiro atoms. The van der Waals surface area contributed by atoms with E-state index >= 15 is 0 Å². The molecule has 1 aliphatic heterocycles. The number of quaternary nitrogens is 2. The van der Waals surface area contributed by atoms with Gasteiger partial charge in [0.1, 0.15) is 23.4 Å². The Morgan fingerprint density at radius 1 is 1.29 bits per heavy atom. The number of amides is 1. The van der Waals surface area contributed by atoms with Crippen LogP contribution in [0.4, 0.5) is 0 Å². The average molecular weight is 413 g/mol. The number of hydrogen-bond donors (Lipinski definition) is 0. The largest absolute Gasteiger partial charge is 0.496 e. The van der Waals surface area contributed by atoms with Gasteiger partial charge >= 0.3 is 5.91 Å². The molecule has 158 valence electrons. The molecule has 2 rings (SSSR count). The number of likely N-dealkylation sites (N-methyl/N-ethyl adjacent to an activating group) is 2. The third-order valence-corrected chi connectivity index (χ3v) is 8.53. The molecule has 6 nitrogen and oxygen atoms in total. The molecular weight excluding hydrogens is 376 g/mol. The summed E-state index contributed by atoms with van der Waals surface area (Å²) in [4.78, 5) is 13.7. The minimum Gasteiger partial charge on any atom is -0.496 e. The second-order valence-corrected chi connectivity index (χ2v) is 11.2. The first-order chi connectivity index (χ1) is 12.9. The van der Waals surface area contributed by atoms with Crippen LogP contribution in [0.2, 0.25) is 0 Å². The monoisotopic (exact) mass is 412 g/mol. The van der Waals surface area contributed by atoms with Crippen LogP contribution in [0.5, 0.6) is 5.75 Å². The molecule has 0 aliphatic carbocycles. The molecular formula is C21H36N2O4S+2. The van der Waals surface area contributed by atoms with Crippen LogP contribution in [0, 0.1) is 0 Å². The Kier molecular flexibility index (Phi) is 6.34. The van der Waals surface area contributed by atoms with Crippen molar-refractivity contribution < 1.29 is 26.9 Å². The highest BCUT2D eigenvalue weighted by molar-refractivity contribution is 7.91. The number of ether oxygens (including phenoxy) is 1. The van der Waals surface area contributed by atoms with E-state index in [1.165, 1.54) is 19.2 Å². The van der Waals surface area contributed by atoms with Crippen molar-refractivity contribution in [3.05, 3.63) is 23.8 Å². The normalized spacial score (nSPS) is 25.7. The fraction of sp³-hybridized carbons (Fsp3) is 0.667. The van der Waals surface area contributed by atoms with E-state index in [1.807, 2.05) is 14.1 Å². The molecule has 0 N–H and O–H groups in total. The summed E-state index contributed by atoms with van der Waals surface area (Å²) in [6.45, 7) is 8.90. The fourth-order valence-electron chi connectivity index (χ4n) is 4.60. The summed E-state index contributed by atoms with van der Waals surface area (Å²) in [5, 5.41) is 0. The highest BCUT2D eigenvalue weighted by Gasteiger charge is 2.53. The van der Waals surface area contributed by atoms with E-state index in [0.717, 1.165) is 30.4 Å². The van der Waals surface area contributed by atoms with E-state index in [0.29, 0.717) is 17.9 Å². The van der Waals surface area contributed by atoms with Crippen LogP contribution in [0.3, 0.4) is 0 Å². The van der Waals surface area contributed by atoms with Gasteiger partial charge in [-0.1, -0.05) is 6.92 Å². The summed E-state index contributed by atoms with van der Waals surface area (Å²) in [6, 6.07) is 4.57. The lowest BCUT2D eigenvalue weighted by Crippen LogP contribution is -2.65. The summed E-state index contributed by atoms with van der Waals surface area (Å²) in [5.74, 6) is 0.284. The highest BCUT2D eigenvalue weighted by atomic mass is 32.2.